The molecule has 0 aliphatic carbocycles. The van der Waals surface area contributed by atoms with Crippen molar-refractivity contribution in [2.45, 2.75) is 32.6 Å². The lowest BCUT2D eigenvalue weighted by Gasteiger charge is -2.34. The number of fused-ring (bicyclic) bond motifs is 1. The van der Waals surface area contributed by atoms with Crippen molar-refractivity contribution >= 4 is 22.4 Å². The van der Waals surface area contributed by atoms with Crippen LogP contribution in [0.15, 0.2) is 36.4 Å². The molecule has 0 unspecified atom stereocenters. The van der Waals surface area contributed by atoms with Crippen LogP contribution in [0.2, 0.25) is 0 Å². The monoisotopic (exact) mass is 383 g/mol. The zero-order valence-electron chi connectivity index (χ0n) is 17.2. The molecule has 0 spiro atoms. The van der Waals surface area contributed by atoms with Gasteiger partial charge < -0.3 is 19.9 Å². The maximum atomic E-state index is 11.2. The smallest absolute Gasteiger partial charge is 0.219 e. The van der Waals surface area contributed by atoms with Crippen LogP contribution in [-0.2, 0) is 4.79 Å². The second-order valence-corrected chi connectivity index (χ2v) is 7.56. The summed E-state index contributed by atoms with van der Waals surface area (Å²) in [5.74, 6) is 1.07. The number of carbonyl (C=O) groups is 1. The molecule has 0 saturated carbocycles. The summed E-state index contributed by atoms with van der Waals surface area (Å²) >= 11 is 0. The molecule has 2 aromatic carbocycles. The Kier molecular flexibility index (Phi) is 7.54. The van der Waals surface area contributed by atoms with Gasteiger partial charge in [-0.1, -0.05) is 25.1 Å². The second-order valence-electron chi connectivity index (χ2n) is 7.56. The molecule has 2 aromatic rings. The van der Waals surface area contributed by atoms with Crippen LogP contribution in [0.4, 0.5) is 5.69 Å². The molecule has 0 aromatic heterocycles. The molecule has 5 nitrogen and oxygen atoms in total. The molecule has 152 valence electrons. The van der Waals surface area contributed by atoms with Crippen LogP contribution in [0, 0.1) is 0 Å². The highest BCUT2D eigenvalue weighted by Gasteiger charge is 2.16. The molecule has 0 bridgehead atoms. The number of hydrogen-bond acceptors (Lipinski definition) is 4. The maximum Gasteiger partial charge on any atom is 0.219 e. The van der Waals surface area contributed by atoms with E-state index in [9.17, 15) is 4.79 Å². The molecule has 1 amide bonds. The molecule has 28 heavy (non-hydrogen) atoms. The lowest BCUT2D eigenvalue weighted by molar-refractivity contribution is -0.120. The lowest BCUT2D eigenvalue weighted by Crippen LogP contribution is -2.44. The standard InChI is InChI=1S/C23H33N3O2/c1-3-23(27)24-12-5-4-6-17-28-20-11-10-19-8-7-9-22(21(19)18-20)26-15-13-25(2)14-16-26/h7-11,18H,3-6,12-17H2,1-2H3,(H,24,27). The molecule has 5 heteroatoms. The van der Waals surface area contributed by atoms with Gasteiger partial charge in [0.05, 0.1) is 6.61 Å². The molecular weight excluding hydrogens is 350 g/mol. The van der Waals surface area contributed by atoms with Gasteiger partial charge in [0.1, 0.15) is 5.75 Å². The summed E-state index contributed by atoms with van der Waals surface area (Å²) in [6.45, 7) is 7.68. The first-order chi connectivity index (χ1) is 13.7. The van der Waals surface area contributed by atoms with E-state index >= 15 is 0 Å². The normalized spacial score (nSPS) is 15.0. The fourth-order valence-electron chi connectivity index (χ4n) is 3.59. The van der Waals surface area contributed by atoms with Crippen molar-refractivity contribution in [1.29, 1.82) is 0 Å². The summed E-state index contributed by atoms with van der Waals surface area (Å²) in [7, 11) is 2.18. The van der Waals surface area contributed by atoms with Crippen LogP contribution < -0.4 is 15.0 Å². The number of ether oxygens (including phenoxy) is 1. The molecule has 1 N–H and O–H groups in total. The number of anilines is 1. The van der Waals surface area contributed by atoms with Crippen LogP contribution >= 0.6 is 0 Å². The lowest BCUT2D eigenvalue weighted by atomic mass is 10.1. The fraction of sp³-hybridized carbons (Fsp3) is 0.522. The van der Waals surface area contributed by atoms with E-state index in [1.54, 1.807) is 0 Å². The Morgan fingerprint density at radius 2 is 1.89 bits per heavy atom. The highest BCUT2D eigenvalue weighted by atomic mass is 16.5. The quantitative estimate of drug-likeness (QED) is 0.671. The van der Waals surface area contributed by atoms with Gasteiger partial charge in [-0.25, -0.2) is 0 Å². The number of nitrogens with zero attached hydrogens (tertiary/aromatic N) is 2. The largest absolute Gasteiger partial charge is 0.494 e. The van der Waals surface area contributed by atoms with E-state index < -0.39 is 0 Å². The Bertz CT molecular complexity index is 770. The van der Waals surface area contributed by atoms with Crippen LogP contribution in [0.1, 0.15) is 32.6 Å². The summed E-state index contributed by atoms with van der Waals surface area (Å²) in [4.78, 5) is 16.1. The van der Waals surface area contributed by atoms with E-state index in [1.807, 2.05) is 6.92 Å². The summed E-state index contributed by atoms with van der Waals surface area (Å²) in [5.41, 5.74) is 1.31. The predicted molar refractivity (Wildman–Crippen MR) is 116 cm³/mol. The van der Waals surface area contributed by atoms with Crippen molar-refractivity contribution < 1.29 is 9.53 Å². The van der Waals surface area contributed by atoms with Crippen molar-refractivity contribution in [3.8, 4) is 5.75 Å². The van der Waals surface area contributed by atoms with Gasteiger partial charge in [-0.2, -0.15) is 0 Å². The van der Waals surface area contributed by atoms with Crippen LogP contribution in [0.25, 0.3) is 10.8 Å². The van der Waals surface area contributed by atoms with E-state index in [0.29, 0.717) is 13.0 Å². The number of unbranched alkanes of at least 4 members (excludes halogenated alkanes) is 2. The number of likely N-dealkylation sites (N-methyl/N-ethyl adjacent to an activating group) is 1. The highest BCUT2D eigenvalue weighted by molar-refractivity contribution is 5.95. The number of piperazine rings is 1. The third-order valence-corrected chi connectivity index (χ3v) is 5.41. The minimum absolute atomic E-state index is 0.128. The minimum atomic E-state index is 0.128. The topological polar surface area (TPSA) is 44.8 Å². The maximum absolute atomic E-state index is 11.2. The van der Waals surface area contributed by atoms with Gasteiger partial charge in [-0.15, -0.1) is 0 Å². The van der Waals surface area contributed by atoms with E-state index in [1.165, 1.54) is 16.5 Å². The third-order valence-electron chi connectivity index (χ3n) is 5.41. The molecule has 1 fully saturated rings. The molecule has 1 aliphatic rings. The van der Waals surface area contributed by atoms with Crippen LogP contribution in [0.5, 0.6) is 5.75 Å². The van der Waals surface area contributed by atoms with E-state index in [2.05, 4.69) is 58.6 Å². The third kappa shape index (κ3) is 5.61. The highest BCUT2D eigenvalue weighted by Crippen LogP contribution is 2.30. The van der Waals surface area contributed by atoms with Crippen molar-refractivity contribution in [2.75, 3.05) is 51.3 Å². The van der Waals surface area contributed by atoms with Crippen molar-refractivity contribution in [3.05, 3.63) is 36.4 Å². The van der Waals surface area contributed by atoms with Crippen LogP contribution in [-0.4, -0.2) is 57.2 Å². The molecule has 1 aliphatic heterocycles. The Hall–Kier alpha value is -2.27. The zero-order valence-corrected chi connectivity index (χ0v) is 17.2. The number of rotatable bonds is 9. The number of carbonyl (C=O) groups excluding carboxylic acids is 1. The van der Waals surface area contributed by atoms with Crippen molar-refractivity contribution in [1.82, 2.24) is 10.2 Å². The molecule has 1 heterocycles. The first kappa shape index (κ1) is 20.5. The second kappa shape index (κ2) is 10.3. The average Bonchev–Trinajstić information content (AvgIpc) is 2.73. The average molecular weight is 384 g/mol. The van der Waals surface area contributed by atoms with Crippen molar-refractivity contribution in [3.63, 3.8) is 0 Å². The van der Waals surface area contributed by atoms with Gasteiger partial charge in [0.2, 0.25) is 5.91 Å². The first-order valence-corrected chi connectivity index (χ1v) is 10.5. The molecule has 3 rings (SSSR count). The molecule has 0 atom stereocenters. The summed E-state index contributed by atoms with van der Waals surface area (Å²) in [6.07, 6.45) is 3.62. The van der Waals surface area contributed by atoms with Gasteiger partial charge in [-0.05, 0) is 49.9 Å². The SMILES string of the molecule is CCC(=O)NCCCCCOc1ccc2cccc(N3CCN(C)CC3)c2c1. The number of benzene rings is 2. The zero-order chi connectivity index (χ0) is 19.8. The van der Waals surface area contributed by atoms with Gasteiger partial charge in [-0.3, -0.25) is 4.79 Å². The minimum Gasteiger partial charge on any atom is -0.494 e. The number of hydrogen-bond donors (Lipinski definition) is 1. The van der Waals surface area contributed by atoms with E-state index in [-0.39, 0.29) is 5.91 Å². The van der Waals surface area contributed by atoms with Crippen molar-refractivity contribution in [2.24, 2.45) is 0 Å². The van der Waals surface area contributed by atoms with Gasteiger partial charge in [0, 0.05) is 50.2 Å². The number of nitrogens with one attached hydrogen (secondary N) is 1. The van der Waals surface area contributed by atoms with Gasteiger partial charge >= 0.3 is 0 Å². The Balaban J connectivity index is 1.53. The van der Waals surface area contributed by atoms with Gasteiger partial charge in [0.25, 0.3) is 0 Å². The van der Waals surface area contributed by atoms with Crippen LogP contribution in [0.3, 0.4) is 0 Å². The van der Waals surface area contributed by atoms with E-state index in [0.717, 1.165) is 57.7 Å². The molecule has 1 saturated heterocycles. The summed E-state index contributed by atoms with van der Waals surface area (Å²) < 4.78 is 6.01. The summed E-state index contributed by atoms with van der Waals surface area (Å²) in [5, 5.41) is 5.44. The van der Waals surface area contributed by atoms with Gasteiger partial charge in [0.15, 0.2) is 0 Å². The molecule has 0 radical (unpaired) electrons. The predicted octanol–water partition coefficient (Wildman–Crippen LogP) is 3.67. The fourth-order valence-corrected chi connectivity index (χ4v) is 3.59. The Labute approximate surface area is 168 Å². The number of amides is 1. The Morgan fingerprint density at radius 1 is 1.07 bits per heavy atom. The first-order valence-electron chi connectivity index (χ1n) is 10.5. The Morgan fingerprint density at radius 3 is 2.68 bits per heavy atom. The summed E-state index contributed by atoms with van der Waals surface area (Å²) in [6, 6.07) is 13.0. The molecular formula is C23H33N3O2. The van der Waals surface area contributed by atoms with E-state index in [4.69, 9.17) is 4.74 Å².